The number of esters is 3. The van der Waals surface area contributed by atoms with Gasteiger partial charge >= 0.3 is 17.9 Å². The van der Waals surface area contributed by atoms with Gasteiger partial charge in [-0.2, -0.15) is 0 Å². The molecule has 0 saturated carbocycles. The topological polar surface area (TPSA) is 78.9 Å². The zero-order chi connectivity index (χ0) is 47.9. The predicted octanol–water partition coefficient (Wildman–Crippen LogP) is 16.6. The summed E-state index contributed by atoms with van der Waals surface area (Å²) in [7, 11) is 0. The van der Waals surface area contributed by atoms with Crippen LogP contribution in [0.1, 0.15) is 156 Å². The van der Waals surface area contributed by atoms with Crippen LogP contribution in [0.2, 0.25) is 0 Å². The van der Waals surface area contributed by atoms with E-state index in [1.54, 1.807) is 0 Å². The van der Waals surface area contributed by atoms with Crippen LogP contribution < -0.4 is 0 Å². The van der Waals surface area contributed by atoms with Crippen LogP contribution in [0.4, 0.5) is 0 Å². The molecule has 362 valence electrons. The molecule has 0 radical (unpaired) electrons. The van der Waals surface area contributed by atoms with Crippen LogP contribution in [0.25, 0.3) is 0 Å². The van der Waals surface area contributed by atoms with E-state index in [1.165, 1.54) is 12.8 Å². The minimum absolute atomic E-state index is 0.141. The van der Waals surface area contributed by atoms with Crippen molar-refractivity contribution in [1.82, 2.24) is 0 Å². The minimum atomic E-state index is -0.844. The molecule has 0 N–H and O–H groups in total. The second-order valence-electron chi connectivity index (χ2n) is 15.5. The SMILES string of the molecule is CC\C=C/C=C\C=C/C=C\C=C/CCCC(=O)OCC(COC(=O)CCCCC\C=C/C=C\C=C\C=C/C=C\C=C/C=C\CC)OC(=O)CCCCCCCC/C=C\C/C=C\C/C=C\CC. The minimum Gasteiger partial charge on any atom is -0.462 e. The molecule has 0 spiro atoms. The zero-order valence-electron chi connectivity index (χ0n) is 41.1. The van der Waals surface area contributed by atoms with E-state index in [0.29, 0.717) is 12.8 Å². The first-order valence-electron chi connectivity index (χ1n) is 25.0. The molecule has 0 aliphatic heterocycles. The first kappa shape index (κ1) is 60.5. The Bertz CT molecular complexity index is 1650. The summed E-state index contributed by atoms with van der Waals surface area (Å²) >= 11 is 0. The van der Waals surface area contributed by atoms with E-state index < -0.39 is 6.10 Å². The van der Waals surface area contributed by atoms with E-state index in [-0.39, 0.29) is 50.4 Å². The summed E-state index contributed by atoms with van der Waals surface area (Å²) in [6.45, 7) is 6.08. The van der Waals surface area contributed by atoms with E-state index in [0.717, 1.165) is 89.9 Å². The fraction of sp³-hybridized carbons (Fsp3) is 0.450. The summed E-state index contributed by atoms with van der Waals surface area (Å²) in [5.74, 6) is -1.09. The Morgan fingerprint density at radius 2 is 0.636 bits per heavy atom. The van der Waals surface area contributed by atoms with Crippen LogP contribution in [-0.2, 0) is 28.6 Å². The number of ether oxygens (including phenoxy) is 3. The predicted molar refractivity (Wildman–Crippen MR) is 283 cm³/mol. The van der Waals surface area contributed by atoms with Crippen molar-refractivity contribution >= 4 is 17.9 Å². The second-order valence-corrected chi connectivity index (χ2v) is 15.5. The lowest BCUT2D eigenvalue weighted by molar-refractivity contribution is -0.167. The van der Waals surface area contributed by atoms with Gasteiger partial charge in [0.05, 0.1) is 0 Å². The summed E-state index contributed by atoms with van der Waals surface area (Å²) in [5, 5.41) is 0. The first-order valence-corrected chi connectivity index (χ1v) is 25.0. The highest BCUT2D eigenvalue weighted by atomic mass is 16.6. The summed E-state index contributed by atoms with van der Waals surface area (Å²) in [6, 6.07) is 0. The summed E-state index contributed by atoms with van der Waals surface area (Å²) in [5.41, 5.74) is 0. The quantitative estimate of drug-likeness (QED) is 0.0200. The molecule has 0 aromatic carbocycles. The van der Waals surface area contributed by atoms with Gasteiger partial charge in [0, 0.05) is 19.3 Å². The number of carbonyl (C=O) groups is 3. The Balaban J connectivity index is 4.65. The molecule has 0 fully saturated rings. The van der Waals surface area contributed by atoms with Gasteiger partial charge in [0.25, 0.3) is 0 Å². The third-order valence-electron chi connectivity index (χ3n) is 9.46. The lowest BCUT2D eigenvalue weighted by Gasteiger charge is -2.18. The number of hydrogen-bond donors (Lipinski definition) is 0. The second kappa shape index (κ2) is 52.1. The van der Waals surface area contributed by atoms with Crippen LogP contribution in [0.5, 0.6) is 0 Å². The Morgan fingerprint density at radius 3 is 1.11 bits per heavy atom. The van der Waals surface area contributed by atoms with Gasteiger partial charge in [-0.1, -0.05) is 235 Å². The van der Waals surface area contributed by atoms with Crippen molar-refractivity contribution in [2.75, 3.05) is 13.2 Å². The molecule has 0 aromatic heterocycles. The molecule has 0 rings (SSSR count). The normalized spacial score (nSPS) is 13.7. The maximum absolute atomic E-state index is 12.8. The first-order chi connectivity index (χ1) is 32.5. The van der Waals surface area contributed by atoms with Gasteiger partial charge < -0.3 is 14.2 Å². The monoisotopic (exact) mass is 903 g/mol. The molecule has 6 heteroatoms. The van der Waals surface area contributed by atoms with Gasteiger partial charge in [0.15, 0.2) is 6.10 Å². The van der Waals surface area contributed by atoms with E-state index in [2.05, 4.69) is 75.5 Å². The Labute approximate surface area is 402 Å². The van der Waals surface area contributed by atoms with Gasteiger partial charge in [-0.05, 0) is 83.5 Å². The van der Waals surface area contributed by atoms with Crippen molar-refractivity contribution in [2.24, 2.45) is 0 Å². The molecule has 0 aromatic rings. The highest BCUT2D eigenvalue weighted by Gasteiger charge is 2.19. The van der Waals surface area contributed by atoms with E-state index in [4.69, 9.17) is 14.2 Å². The van der Waals surface area contributed by atoms with Gasteiger partial charge in [0.2, 0.25) is 0 Å². The highest BCUT2D eigenvalue weighted by molar-refractivity contribution is 5.71. The Hall–Kier alpha value is -5.49. The molecular weight excluding hydrogens is 817 g/mol. The van der Waals surface area contributed by atoms with Crippen molar-refractivity contribution < 1.29 is 28.6 Å². The molecule has 1 atom stereocenters. The van der Waals surface area contributed by atoms with Gasteiger partial charge in [-0.3, -0.25) is 14.4 Å². The molecular formula is C60H86O6. The maximum Gasteiger partial charge on any atom is 0.306 e. The van der Waals surface area contributed by atoms with Crippen molar-refractivity contribution in [1.29, 1.82) is 0 Å². The summed E-state index contributed by atoms with van der Waals surface area (Å²) in [6.07, 6.45) is 78.7. The van der Waals surface area contributed by atoms with Crippen molar-refractivity contribution in [3.8, 4) is 0 Å². The highest BCUT2D eigenvalue weighted by Crippen LogP contribution is 2.12. The number of rotatable bonds is 41. The number of hydrogen-bond acceptors (Lipinski definition) is 6. The maximum atomic E-state index is 12.8. The largest absolute Gasteiger partial charge is 0.462 e. The summed E-state index contributed by atoms with van der Waals surface area (Å²) in [4.78, 5) is 37.9. The molecule has 0 amide bonds. The van der Waals surface area contributed by atoms with Crippen LogP contribution in [0, 0.1) is 0 Å². The molecule has 0 saturated heterocycles. The number of allylic oxidation sites excluding steroid dienone is 30. The van der Waals surface area contributed by atoms with Gasteiger partial charge in [-0.25, -0.2) is 0 Å². The fourth-order valence-corrected chi connectivity index (χ4v) is 5.82. The van der Waals surface area contributed by atoms with Crippen LogP contribution >= 0.6 is 0 Å². The summed E-state index contributed by atoms with van der Waals surface area (Å²) < 4.78 is 16.7. The van der Waals surface area contributed by atoms with Gasteiger partial charge in [-0.15, -0.1) is 0 Å². The van der Waals surface area contributed by atoms with Crippen molar-refractivity contribution in [3.05, 3.63) is 182 Å². The third-order valence-corrected chi connectivity index (χ3v) is 9.46. The van der Waals surface area contributed by atoms with Crippen molar-refractivity contribution in [2.45, 2.75) is 162 Å². The number of carbonyl (C=O) groups excluding carboxylic acids is 3. The lowest BCUT2D eigenvalue weighted by Crippen LogP contribution is -2.30. The molecule has 0 aliphatic rings. The van der Waals surface area contributed by atoms with E-state index in [1.807, 2.05) is 128 Å². The third kappa shape index (κ3) is 49.5. The van der Waals surface area contributed by atoms with Crippen molar-refractivity contribution in [3.63, 3.8) is 0 Å². The number of unbranched alkanes of at least 4 members (excludes halogenated alkanes) is 10. The standard InChI is InChI=1S/C60H86O6/c1-4-7-10-13-16-19-22-25-27-29-30-31-33-35-38-41-44-47-50-53-59(62)65-56-57(55-64-58(61)52-49-46-43-40-37-34-24-21-18-15-12-9-6-3)66-60(63)54-51-48-45-42-39-36-32-28-26-23-20-17-14-11-8-5-2/h7-13,15-22,24-31,33-35,37-38,40,43,57H,4-6,14,23,32,36,39,41-42,44-56H2,1-3H3/b10-7-,11-8-,12-9-,16-13-,18-15-,20-17-,22-19-,24-21-,27-25-,28-26-,30-29+,33-31-,37-34-,38-35-,43-40-. The molecule has 0 heterocycles. The van der Waals surface area contributed by atoms with E-state index in [9.17, 15) is 14.4 Å². The molecule has 0 aliphatic carbocycles. The molecule has 6 nitrogen and oxygen atoms in total. The Kier molecular flexibility index (Phi) is 47.8. The van der Waals surface area contributed by atoms with Crippen LogP contribution in [-0.4, -0.2) is 37.2 Å². The zero-order valence-corrected chi connectivity index (χ0v) is 41.1. The average molecular weight is 903 g/mol. The smallest absolute Gasteiger partial charge is 0.306 e. The molecule has 0 bridgehead atoms. The fourth-order valence-electron chi connectivity index (χ4n) is 5.82. The van der Waals surface area contributed by atoms with Gasteiger partial charge in [0.1, 0.15) is 13.2 Å². The molecule has 66 heavy (non-hydrogen) atoms. The lowest BCUT2D eigenvalue weighted by atomic mass is 10.1. The Morgan fingerprint density at radius 1 is 0.318 bits per heavy atom. The average Bonchev–Trinajstić information content (AvgIpc) is 3.31. The van der Waals surface area contributed by atoms with Crippen LogP contribution in [0.3, 0.4) is 0 Å². The molecule has 1 unspecified atom stereocenters. The van der Waals surface area contributed by atoms with E-state index >= 15 is 0 Å². The van der Waals surface area contributed by atoms with Crippen LogP contribution in [0.15, 0.2) is 182 Å².